The lowest BCUT2D eigenvalue weighted by atomic mass is 9.89. The van der Waals surface area contributed by atoms with Crippen LogP contribution in [0.1, 0.15) is 59.9 Å². The van der Waals surface area contributed by atoms with E-state index in [-0.39, 0.29) is 24.3 Å². The number of nitrogens with zero attached hydrogens (tertiary/aromatic N) is 1. The Morgan fingerprint density at radius 1 is 1.30 bits per heavy atom. The minimum absolute atomic E-state index is 0.0437. The Bertz CT molecular complexity index is 998. The van der Waals surface area contributed by atoms with Gasteiger partial charge in [-0.1, -0.05) is 32.1 Å². The first-order chi connectivity index (χ1) is 14.2. The molecule has 158 valence electrons. The summed E-state index contributed by atoms with van der Waals surface area (Å²) in [5.41, 5.74) is 2.61. The van der Waals surface area contributed by atoms with Crippen molar-refractivity contribution in [1.82, 2.24) is 4.98 Å². The standard InChI is InChI=1S/C23H24FNO5/c1-12(2)22-21(23(28)29)20(14-4-6-15(24)7-5-14)18(13(3)25-22)9-8-17-10-16(26)11-19(27)30-17/h4-9,12,16-17,26H,10-11H2,1-3H3,(H,28,29)/t16-,17-/m0/s1. The normalized spacial score (nSPS) is 19.3. The molecule has 2 N–H and O–H groups in total. The number of cyclic esters (lactones) is 1. The molecule has 1 aliphatic heterocycles. The fourth-order valence-corrected chi connectivity index (χ4v) is 3.63. The minimum Gasteiger partial charge on any atom is -0.478 e. The summed E-state index contributed by atoms with van der Waals surface area (Å²) in [5, 5.41) is 19.8. The van der Waals surface area contributed by atoms with Crippen molar-refractivity contribution < 1.29 is 28.9 Å². The lowest BCUT2D eigenvalue weighted by Gasteiger charge is -2.24. The number of aromatic carboxylic acids is 1. The number of pyridine rings is 1. The van der Waals surface area contributed by atoms with E-state index < -0.39 is 30.0 Å². The molecule has 0 saturated carbocycles. The summed E-state index contributed by atoms with van der Waals surface area (Å²) in [6.07, 6.45) is 2.09. The van der Waals surface area contributed by atoms with E-state index >= 15 is 0 Å². The van der Waals surface area contributed by atoms with E-state index in [1.54, 1.807) is 19.1 Å². The van der Waals surface area contributed by atoms with E-state index in [4.69, 9.17) is 4.74 Å². The molecule has 1 saturated heterocycles. The molecule has 0 bridgehead atoms. The number of aryl methyl sites for hydroxylation is 1. The van der Waals surface area contributed by atoms with Gasteiger partial charge in [0.25, 0.3) is 0 Å². The van der Waals surface area contributed by atoms with Gasteiger partial charge in [0.05, 0.1) is 23.8 Å². The highest BCUT2D eigenvalue weighted by atomic mass is 19.1. The number of halogens is 1. The van der Waals surface area contributed by atoms with Crippen molar-refractivity contribution in [3.05, 3.63) is 58.7 Å². The van der Waals surface area contributed by atoms with Gasteiger partial charge in [-0.2, -0.15) is 0 Å². The Labute approximate surface area is 174 Å². The van der Waals surface area contributed by atoms with Crippen molar-refractivity contribution in [3.8, 4) is 11.1 Å². The van der Waals surface area contributed by atoms with Crippen LogP contribution in [0.25, 0.3) is 17.2 Å². The highest BCUT2D eigenvalue weighted by Gasteiger charge is 2.27. The van der Waals surface area contributed by atoms with Gasteiger partial charge in [-0.15, -0.1) is 0 Å². The van der Waals surface area contributed by atoms with E-state index in [9.17, 15) is 24.2 Å². The number of hydrogen-bond acceptors (Lipinski definition) is 5. The van der Waals surface area contributed by atoms with Crippen LogP contribution in [0.4, 0.5) is 4.39 Å². The lowest BCUT2D eigenvalue weighted by molar-refractivity contribution is -0.156. The molecule has 2 atom stereocenters. The van der Waals surface area contributed by atoms with Gasteiger partial charge in [0.15, 0.2) is 0 Å². The van der Waals surface area contributed by atoms with Crippen LogP contribution in [0.3, 0.4) is 0 Å². The second kappa shape index (κ2) is 8.75. The molecular formula is C23H24FNO5. The van der Waals surface area contributed by atoms with Gasteiger partial charge >= 0.3 is 11.9 Å². The molecule has 7 heteroatoms. The molecule has 0 aliphatic carbocycles. The summed E-state index contributed by atoms with van der Waals surface area (Å²) in [4.78, 5) is 28.3. The van der Waals surface area contributed by atoms with Crippen LogP contribution in [0.2, 0.25) is 0 Å². The molecule has 6 nitrogen and oxygen atoms in total. The van der Waals surface area contributed by atoms with Crippen LogP contribution in [0.5, 0.6) is 0 Å². The average molecular weight is 413 g/mol. The van der Waals surface area contributed by atoms with Gasteiger partial charge in [0.2, 0.25) is 0 Å². The van der Waals surface area contributed by atoms with E-state index in [2.05, 4.69) is 4.98 Å². The van der Waals surface area contributed by atoms with Crippen LogP contribution in [0.15, 0.2) is 30.3 Å². The van der Waals surface area contributed by atoms with Crippen molar-refractivity contribution >= 4 is 18.0 Å². The van der Waals surface area contributed by atoms with E-state index in [1.807, 2.05) is 13.8 Å². The lowest BCUT2D eigenvalue weighted by Crippen LogP contribution is -2.31. The smallest absolute Gasteiger partial charge is 0.338 e. The zero-order valence-electron chi connectivity index (χ0n) is 17.1. The highest BCUT2D eigenvalue weighted by Crippen LogP contribution is 2.35. The predicted octanol–water partition coefficient (Wildman–Crippen LogP) is 4.10. The van der Waals surface area contributed by atoms with E-state index in [0.29, 0.717) is 28.1 Å². The number of carboxylic acid groups (broad SMARTS) is 1. The second-order valence-electron chi connectivity index (χ2n) is 7.69. The van der Waals surface area contributed by atoms with Crippen molar-refractivity contribution in [3.63, 3.8) is 0 Å². The molecule has 1 aromatic heterocycles. The molecule has 0 amide bonds. The minimum atomic E-state index is -1.13. The molecule has 3 rings (SSSR count). The third-order valence-corrected chi connectivity index (χ3v) is 5.01. The van der Waals surface area contributed by atoms with Gasteiger partial charge in [-0.05, 0) is 36.6 Å². The molecule has 1 aromatic carbocycles. The SMILES string of the molecule is Cc1nc(C(C)C)c(C(=O)O)c(-c2ccc(F)cc2)c1C=C[C@H]1C[C@H](O)CC(=O)O1. The summed E-state index contributed by atoms with van der Waals surface area (Å²) in [6.45, 7) is 5.49. The van der Waals surface area contributed by atoms with Crippen LogP contribution in [-0.4, -0.2) is 39.3 Å². The topological polar surface area (TPSA) is 96.7 Å². The Morgan fingerprint density at radius 3 is 2.53 bits per heavy atom. The first-order valence-electron chi connectivity index (χ1n) is 9.76. The molecule has 1 aliphatic rings. The van der Waals surface area contributed by atoms with E-state index in [0.717, 1.165) is 0 Å². The highest BCUT2D eigenvalue weighted by molar-refractivity contribution is 6.00. The largest absolute Gasteiger partial charge is 0.478 e. The Morgan fingerprint density at radius 2 is 1.97 bits per heavy atom. The maximum absolute atomic E-state index is 13.5. The first-order valence-corrected chi connectivity index (χ1v) is 9.76. The first kappa shape index (κ1) is 21.6. The summed E-state index contributed by atoms with van der Waals surface area (Å²) in [5.74, 6) is -2.18. The van der Waals surface area contributed by atoms with Gasteiger partial charge in [0.1, 0.15) is 11.9 Å². The monoisotopic (exact) mass is 413 g/mol. The number of hydrogen-bond donors (Lipinski definition) is 2. The predicted molar refractivity (Wildman–Crippen MR) is 110 cm³/mol. The number of aliphatic hydroxyl groups is 1. The van der Waals surface area contributed by atoms with Gasteiger partial charge in [0, 0.05) is 23.2 Å². The molecule has 2 heterocycles. The fourth-order valence-electron chi connectivity index (χ4n) is 3.63. The quantitative estimate of drug-likeness (QED) is 0.717. The van der Waals surface area contributed by atoms with Gasteiger partial charge < -0.3 is 14.9 Å². The molecule has 0 spiro atoms. The maximum Gasteiger partial charge on any atom is 0.338 e. The number of aromatic nitrogens is 1. The number of rotatable bonds is 5. The Kier molecular flexibility index (Phi) is 6.31. The number of carbonyl (C=O) groups is 2. The number of carboxylic acids is 1. The number of aliphatic hydroxyl groups excluding tert-OH is 1. The molecule has 1 fully saturated rings. The van der Waals surface area contributed by atoms with E-state index in [1.165, 1.54) is 24.3 Å². The Balaban J connectivity index is 2.19. The summed E-state index contributed by atoms with van der Waals surface area (Å²) in [7, 11) is 0. The third-order valence-electron chi connectivity index (χ3n) is 5.01. The number of benzene rings is 1. The Hall–Kier alpha value is -3.06. The third kappa shape index (κ3) is 4.57. The van der Waals surface area contributed by atoms with Crippen molar-refractivity contribution in [2.75, 3.05) is 0 Å². The maximum atomic E-state index is 13.5. The van der Waals surface area contributed by atoms with Crippen molar-refractivity contribution in [2.45, 2.75) is 51.7 Å². The summed E-state index contributed by atoms with van der Waals surface area (Å²) in [6, 6.07) is 5.61. The van der Waals surface area contributed by atoms with Crippen molar-refractivity contribution in [1.29, 1.82) is 0 Å². The molecule has 30 heavy (non-hydrogen) atoms. The zero-order chi connectivity index (χ0) is 22.0. The van der Waals surface area contributed by atoms with Crippen LogP contribution in [0, 0.1) is 12.7 Å². The van der Waals surface area contributed by atoms with Gasteiger partial charge in [-0.3, -0.25) is 9.78 Å². The van der Waals surface area contributed by atoms with Crippen molar-refractivity contribution in [2.24, 2.45) is 0 Å². The molecule has 0 unspecified atom stereocenters. The summed E-state index contributed by atoms with van der Waals surface area (Å²) >= 11 is 0. The second-order valence-corrected chi connectivity index (χ2v) is 7.69. The molecule has 2 aromatic rings. The number of carbonyl (C=O) groups excluding carboxylic acids is 1. The number of esters is 1. The summed E-state index contributed by atoms with van der Waals surface area (Å²) < 4.78 is 18.7. The molecule has 0 radical (unpaired) electrons. The molecular weight excluding hydrogens is 389 g/mol. The van der Waals surface area contributed by atoms with Gasteiger partial charge in [-0.25, -0.2) is 9.18 Å². The van der Waals surface area contributed by atoms with Crippen LogP contribution >= 0.6 is 0 Å². The number of ether oxygens (including phenoxy) is 1. The van der Waals surface area contributed by atoms with Crippen LogP contribution in [-0.2, 0) is 9.53 Å². The van der Waals surface area contributed by atoms with Crippen LogP contribution < -0.4 is 0 Å². The zero-order valence-corrected chi connectivity index (χ0v) is 17.1. The average Bonchev–Trinajstić information content (AvgIpc) is 2.65. The fraction of sp³-hybridized carbons (Fsp3) is 0.348.